The van der Waals surface area contributed by atoms with Crippen molar-refractivity contribution in [3.8, 4) is 5.75 Å². The Morgan fingerprint density at radius 2 is 1.84 bits per heavy atom. The van der Waals surface area contributed by atoms with Crippen LogP contribution >= 0.6 is 0 Å². The van der Waals surface area contributed by atoms with Crippen LogP contribution in [0.25, 0.3) is 0 Å². The summed E-state index contributed by atoms with van der Waals surface area (Å²) >= 11 is 0. The second kappa shape index (κ2) is 5.91. The number of halogens is 1. The molecule has 1 heterocycles. The first kappa shape index (κ1) is 14.3. The lowest BCUT2D eigenvalue weighted by atomic mass is 9.86. The van der Waals surface area contributed by atoms with Crippen molar-refractivity contribution in [1.82, 2.24) is 4.90 Å². The number of likely N-dealkylation sites (tertiary alicyclic amines) is 1. The maximum absolute atomic E-state index is 13.9. The molecule has 0 aliphatic carbocycles. The second-order valence-corrected chi connectivity index (χ2v) is 6.00. The molecule has 0 amide bonds. The zero-order valence-electron chi connectivity index (χ0n) is 12.1. The normalized spacial score (nSPS) is 19.8. The number of phenolic OH excluding ortho intramolecular Hbond substituents is 1. The van der Waals surface area contributed by atoms with Crippen molar-refractivity contribution in [3.05, 3.63) is 29.6 Å². The van der Waals surface area contributed by atoms with Crippen LogP contribution in [0.2, 0.25) is 0 Å². The molecule has 1 aliphatic rings. The molecule has 106 valence electrons. The van der Waals surface area contributed by atoms with E-state index in [9.17, 15) is 9.50 Å². The van der Waals surface area contributed by atoms with E-state index in [1.165, 1.54) is 18.9 Å². The van der Waals surface area contributed by atoms with E-state index in [-0.39, 0.29) is 17.6 Å². The number of nitrogens with zero attached hydrogens (tertiary/aromatic N) is 1. The van der Waals surface area contributed by atoms with Gasteiger partial charge in [-0.3, -0.25) is 4.90 Å². The van der Waals surface area contributed by atoms with Crippen LogP contribution in [0.3, 0.4) is 0 Å². The van der Waals surface area contributed by atoms with E-state index in [2.05, 4.69) is 18.7 Å². The molecule has 2 rings (SSSR count). The molecule has 1 unspecified atom stereocenters. The van der Waals surface area contributed by atoms with Gasteiger partial charge in [0.05, 0.1) is 0 Å². The summed E-state index contributed by atoms with van der Waals surface area (Å²) in [6.45, 7) is 8.67. The lowest BCUT2D eigenvalue weighted by Crippen LogP contribution is -2.37. The zero-order valence-corrected chi connectivity index (χ0v) is 12.1. The Hall–Kier alpha value is -1.09. The van der Waals surface area contributed by atoms with Gasteiger partial charge in [-0.05, 0) is 50.8 Å². The van der Waals surface area contributed by atoms with Crippen molar-refractivity contribution < 1.29 is 9.50 Å². The number of piperidine rings is 1. The van der Waals surface area contributed by atoms with Crippen molar-refractivity contribution in [2.45, 2.75) is 39.7 Å². The topological polar surface area (TPSA) is 23.5 Å². The van der Waals surface area contributed by atoms with Gasteiger partial charge in [-0.25, -0.2) is 4.39 Å². The maximum atomic E-state index is 13.9. The monoisotopic (exact) mass is 265 g/mol. The van der Waals surface area contributed by atoms with Crippen molar-refractivity contribution in [2.75, 3.05) is 13.1 Å². The van der Waals surface area contributed by atoms with Crippen LogP contribution in [0.1, 0.15) is 45.2 Å². The minimum absolute atomic E-state index is 0.00744. The highest BCUT2D eigenvalue weighted by Crippen LogP contribution is 2.31. The maximum Gasteiger partial charge on any atom is 0.131 e. The molecule has 2 nitrogen and oxygen atoms in total. The Balaban J connectivity index is 2.03. The molecule has 0 saturated carbocycles. The van der Waals surface area contributed by atoms with Crippen LogP contribution in [-0.2, 0) is 0 Å². The van der Waals surface area contributed by atoms with Crippen molar-refractivity contribution in [2.24, 2.45) is 11.8 Å². The average Bonchev–Trinajstić information content (AvgIpc) is 2.38. The lowest BCUT2D eigenvalue weighted by Gasteiger charge is -2.37. The van der Waals surface area contributed by atoms with Crippen molar-refractivity contribution in [3.63, 3.8) is 0 Å². The number of hydrogen-bond donors (Lipinski definition) is 1. The predicted molar refractivity (Wildman–Crippen MR) is 75.6 cm³/mol. The number of aromatic hydroxyl groups is 1. The largest absolute Gasteiger partial charge is 0.508 e. The van der Waals surface area contributed by atoms with Crippen LogP contribution in [0, 0.1) is 17.7 Å². The van der Waals surface area contributed by atoms with Gasteiger partial charge in [-0.2, -0.15) is 0 Å². The third kappa shape index (κ3) is 3.27. The molecule has 1 N–H and O–H groups in total. The summed E-state index contributed by atoms with van der Waals surface area (Å²) in [7, 11) is 0. The molecule has 1 aromatic rings. The third-order valence-corrected chi connectivity index (χ3v) is 4.50. The van der Waals surface area contributed by atoms with Crippen LogP contribution in [-0.4, -0.2) is 23.1 Å². The molecular weight excluding hydrogens is 241 g/mol. The number of rotatable bonds is 3. The third-order valence-electron chi connectivity index (χ3n) is 4.50. The van der Waals surface area contributed by atoms with E-state index in [1.54, 1.807) is 12.1 Å². The molecule has 0 aromatic heterocycles. The first-order valence-electron chi connectivity index (χ1n) is 7.21. The minimum atomic E-state index is -0.307. The van der Waals surface area contributed by atoms with Crippen molar-refractivity contribution in [1.29, 1.82) is 0 Å². The van der Waals surface area contributed by atoms with Crippen LogP contribution < -0.4 is 0 Å². The Bertz CT molecular complexity index is 425. The van der Waals surface area contributed by atoms with Crippen LogP contribution in [0.5, 0.6) is 5.75 Å². The van der Waals surface area contributed by atoms with E-state index >= 15 is 0 Å². The SMILES string of the molecule is CC(C)C1CCN(C(C)c2ccc(O)cc2F)CC1. The summed E-state index contributed by atoms with van der Waals surface area (Å²) in [6.07, 6.45) is 2.39. The quantitative estimate of drug-likeness (QED) is 0.894. The van der Waals surface area contributed by atoms with E-state index < -0.39 is 0 Å². The summed E-state index contributed by atoms with van der Waals surface area (Å²) in [6, 6.07) is 4.54. The van der Waals surface area contributed by atoms with Gasteiger partial charge >= 0.3 is 0 Å². The van der Waals surface area contributed by atoms with Crippen LogP contribution in [0.4, 0.5) is 4.39 Å². The summed E-state index contributed by atoms with van der Waals surface area (Å²) < 4.78 is 13.9. The molecule has 1 aliphatic heterocycles. The average molecular weight is 265 g/mol. The van der Waals surface area contributed by atoms with Gasteiger partial charge < -0.3 is 5.11 Å². The van der Waals surface area contributed by atoms with Gasteiger partial charge in [-0.1, -0.05) is 19.9 Å². The Labute approximate surface area is 115 Å². The molecule has 1 aromatic carbocycles. The van der Waals surface area contributed by atoms with E-state index in [0.29, 0.717) is 5.56 Å². The highest BCUT2D eigenvalue weighted by Gasteiger charge is 2.26. The first-order valence-corrected chi connectivity index (χ1v) is 7.21. The molecule has 0 bridgehead atoms. The summed E-state index contributed by atoms with van der Waals surface area (Å²) in [5.41, 5.74) is 0.681. The molecule has 1 fully saturated rings. The summed E-state index contributed by atoms with van der Waals surface area (Å²) in [5, 5.41) is 9.27. The number of benzene rings is 1. The Morgan fingerprint density at radius 3 is 2.37 bits per heavy atom. The number of phenols is 1. The fourth-order valence-corrected chi connectivity index (χ4v) is 3.02. The fourth-order valence-electron chi connectivity index (χ4n) is 3.02. The van der Waals surface area contributed by atoms with Gasteiger partial charge in [0.15, 0.2) is 0 Å². The van der Waals surface area contributed by atoms with Gasteiger partial charge in [0.25, 0.3) is 0 Å². The Morgan fingerprint density at radius 1 is 1.21 bits per heavy atom. The molecule has 19 heavy (non-hydrogen) atoms. The molecule has 0 radical (unpaired) electrons. The summed E-state index contributed by atoms with van der Waals surface area (Å²) in [4.78, 5) is 2.34. The van der Waals surface area contributed by atoms with Gasteiger partial charge in [0.1, 0.15) is 11.6 Å². The molecule has 1 atom stereocenters. The highest BCUT2D eigenvalue weighted by atomic mass is 19.1. The molecule has 1 saturated heterocycles. The van der Waals surface area contributed by atoms with Gasteiger partial charge in [0.2, 0.25) is 0 Å². The fraction of sp³-hybridized carbons (Fsp3) is 0.625. The minimum Gasteiger partial charge on any atom is -0.508 e. The van der Waals surface area contributed by atoms with E-state index in [4.69, 9.17) is 0 Å². The standard InChI is InChI=1S/C16H24FNO/c1-11(2)13-6-8-18(9-7-13)12(3)15-5-4-14(19)10-16(15)17/h4-5,10-13,19H,6-9H2,1-3H3. The lowest BCUT2D eigenvalue weighted by molar-refractivity contribution is 0.120. The number of hydrogen-bond acceptors (Lipinski definition) is 2. The van der Waals surface area contributed by atoms with E-state index in [1.807, 2.05) is 6.92 Å². The zero-order chi connectivity index (χ0) is 14.0. The second-order valence-electron chi connectivity index (χ2n) is 6.00. The smallest absolute Gasteiger partial charge is 0.131 e. The molecular formula is C16H24FNO. The van der Waals surface area contributed by atoms with E-state index in [0.717, 1.165) is 24.9 Å². The molecule has 3 heteroatoms. The predicted octanol–water partition coefficient (Wildman–Crippen LogP) is 3.96. The van der Waals surface area contributed by atoms with Gasteiger partial charge in [0, 0.05) is 17.7 Å². The first-order chi connectivity index (χ1) is 8.99. The molecule has 0 spiro atoms. The highest BCUT2D eigenvalue weighted by molar-refractivity contribution is 5.29. The van der Waals surface area contributed by atoms with Crippen LogP contribution in [0.15, 0.2) is 18.2 Å². The van der Waals surface area contributed by atoms with Gasteiger partial charge in [-0.15, -0.1) is 0 Å². The van der Waals surface area contributed by atoms with Crippen molar-refractivity contribution >= 4 is 0 Å². The Kier molecular flexibility index (Phi) is 4.46. The summed E-state index contributed by atoms with van der Waals surface area (Å²) in [5.74, 6) is 1.22.